The molecule has 0 heterocycles. The quantitative estimate of drug-likeness (QED) is 0.572. The minimum absolute atomic E-state index is 0.675. The van der Waals surface area contributed by atoms with E-state index in [4.69, 9.17) is 10.00 Å². The number of nitrogens with zero attached hydrogens (tertiary/aromatic N) is 2. The number of rotatable bonds is 11. The van der Waals surface area contributed by atoms with Gasteiger partial charge in [0.2, 0.25) is 0 Å². The van der Waals surface area contributed by atoms with Crippen LogP contribution in [0.5, 0.6) is 5.75 Å². The van der Waals surface area contributed by atoms with Crippen LogP contribution in [0.25, 0.3) is 0 Å². The Bertz CT molecular complexity index is 402. The summed E-state index contributed by atoms with van der Waals surface area (Å²) in [5.41, 5.74) is 0.675. The molecule has 0 atom stereocenters. The Morgan fingerprint density at radius 1 is 0.952 bits per heavy atom. The highest BCUT2D eigenvalue weighted by Crippen LogP contribution is 2.12. The van der Waals surface area contributed by atoms with Crippen molar-refractivity contribution in [3.05, 3.63) is 29.8 Å². The summed E-state index contributed by atoms with van der Waals surface area (Å²) >= 11 is 0. The first-order chi connectivity index (χ1) is 10.3. The highest BCUT2D eigenvalue weighted by molar-refractivity contribution is 5.34. The van der Waals surface area contributed by atoms with Crippen molar-refractivity contribution < 1.29 is 4.74 Å². The Kier molecular flexibility index (Phi) is 9.32. The predicted octanol–water partition coefficient (Wildman–Crippen LogP) is 4.23. The predicted molar refractivity (Wildman–Crippen MR) is 87.5 cm³/mol. The third kappa shape index (κ3) is 7.72. The molecule has 0 N–H and O–H groups in total. The second kappa shape index (κ2) is 11.2. The van der Waals surface area contributed by atoms with Crippen molar-refractivity contribution >= 4 is 0 Å². The van der Waals surface area contributed by atoms with Crippen LogP contribution in [-0.4, -0.2) is 31.1 Å². The standard InChI is InChI=1S/C18H28N2O/c1-3-12-20(13-4-2)14-6-5-7-15-21-18-10-8-17(16-19)9-11-18/h8-11H,3-7,12-15H2,1-2H3. The minimum atomic E-state index is 0.675. The molecule has 0 aliphatic carbocycles. The zero-order valence-corrected chi connectivity index (χ0v) is 13.5. The van der Waals surface area contributed by atoms with Gasteiger partial charge in [0.1, 0.15) is 5.75 Å². The van der Waals surface area contributed by atoms with Gasteiger partial charge in [0, 0.05) is 0 Å². The molecule has 1 rings (SSSR count). The van der Waals surface area contributed by atoms with Gasteiger partial charge in [-0.15, -0.1) is 0 Å². The summed E-state index contributed by atoms with van der Waals surface area (Å²) in [7, 11) is 0. The first kappa shape index (κ1) is 17.5. The molecule has 21 heavy (non-hydrogen) atoms. The fraction of sp³-hybridized carbons (Fsp3) is 0.611. The average Bonchev–Trinajstić information content (AvgIpc) is 2.51. The molecule has 3 heteroatoms. The number of unbranched alkanes of at least 4 members (excludes halogenated alkanes) is 2. The average molecular weight is 288 g/mol. The minimum Gasteiger partial charge on any atom is -0.494 e. The molecule has 0 saturated heterocycles. The van der Waals surface area contributed by atoms with Crippen LogP contribution in [0.15, 0.2) is 24.3 Å². The van der Waals surface area contributed by atoms with Gasteiger partial charge in [-0.1, -0.05) is 13.8 Å². The first-order valence-electron chi connectivity index (χ1n) is 8.15. The fourth-order valence-electron chi connectivity index (χ4n) is 2.40. The van der Waals surface area contributed by atoms with E-state index in [9.17, 15) is 0 Å². The number of hydrogen-bond acceptors (Lipinski definition) is 3. The third-order valence-corrected chi connectivity index (χ3v) is 3.45. The van der Waals surface area contributed by atoms with Gasteiger partial charge >= 0.3 is 0 Å². The molecule has 0 saturated carbocycles. The van der Waals surface area contributed by atoms with Gasteiger partial charge in [0.15, 0.2) is 0 Å². The van der Waals surface area contributed by atoms with Crippen LogP contribution in [0.4, 0.5) is 0 Å². The third-order valence-electron chi connectivity index (χ3n) is 3.45. The van der Waals surface area contributed by atoms with Gasteiger partial charge in [-0.3, -0.25) is 0 Å². The summed E-state index contributed by atoms with van der Waals surface area (Å²) in [4.78, 5) is 2.56. The van der Waals surface area contributed by atoms with Crippen LogP contribution in [0, 0.1) is 11.3 Å². The van der Waals surface area contributed by atoms with Gasteiger partial charge in [0.05, 0.1) is 18.2 Å². The topological polar surface area (TPSA) is 36.3 Å². The lowest BCUT2D eigenvalue weighted by molar-refractivity contribution is 0.259. The zero-order valence-electron chi connectivity index (χ0n) is 13.5. The summed E-state index contributed by atoms with van der Waals surface area (Å²) in [6, 6.07) is 9.43. The Hall–Kier alpha value is -1.53. The van der Waals surface area contributed by atoms with E-state index in [0.717, 1.165) is 18.8 Å². The van der Waals surface area contributed by atoms with Crippen molar-refractivity contribution in [3.8, 4) is 11.8 Å². The summed E-state index contributed by atoms with van der Waals surface area (Å²) in [5, 5.41) is 8.73. The summed E-state index contributed by atoms with van der Waals surface area (Å²) < 4.78 is 5.68. The van der Waals surface area contributed by atoms with E-state index < -0.39 is 0 Å². The largest absolute Gasteiger partial charge is 0.494 e. The maximum absolute atomic E-state index is 8.73. The monoisotopic (exact) mass is 288 g/mol. The number of hydrogen-bond donors (Lipinski definition) is 0. The highest BCUT2D eigenvalue weighted by atomic mass is 16.5. The lowest BCUT2D eigenvalue weighted by atomic mass is 10.2. The van der Waals surface area contributed by atoms with Crippen LogP contribution < -0.4 is 4.74 Å². The maximum atomic E-state index is 8.73. The molecule has 0 spiro atoms. The van der Waals surface area contributed by atoms with Crippen molar-refractivity contribution in [2.24, 2.45) is 0 Å². The molecule has 0 aliphatic heterocycles. The van der Waals surface area contributed by atoms with Gasteiger partial charge < -0.3 is 9.64 Å². The number of nitriles is 1. The molecule has 0 aromatic heterocycles. The Morgan fingerprint density at radius 2 is 1.62 bits per heavy atom. The van der Waals surface area contributed by atoms with Crippen LogP contribution in [0.1, 0.15) is 51.5 Å². The summed E-state index contributed by atoms with van der Waals surface area (Å²) in [5.74, 6) is 0.854. The van der Waals surface area contributed by atoms with E-state index in [1.165, 1.54) is 45.3 Å². The molecular formula is C18H28N2O. The van der Waals surface area contributed by atoms with E-state index in [1.807, 2.05) is 12.1 Å². The van der Waals surface area contributed by atoms with Crippen molar-refractivity contribution in [2.45, 2.75) is 46.0 Å². The van der Waals surface area contributed by atoms with E-state index in [2.05, 4.69) is 24.8 Å². The molecule has 116 valence electrons. The number of ether oxygens (including phenoxy) is 1. The molecule has 0 aliphatic rings. The van der Waals surface area contributed by atoms with E-state index in [-0.39, 0.29) is 0 Å². The van der Waals surface area contributed by atoms with E-state index in [1.54, 1.807) is 12.1 Å². The van der Waals surface area contributed by atoms with Gasteiger partial charge in [-0.05, 0) is 76.0 Å². The van der Waals surface area contributed by atoms with E-state index >= 15 is 0 Å². The second-order valence-corrected chi connectivity index (χ2v) is 5.39. The van der Waals surface area contributed by atoms with Crippen molar-refractivity contribution in [2.75, 3.05) is 26.2 Å². The smallest absolute Gasteiger partial charge is 0.119 e. The van der Waals surface area contributed by atoms with Gasteiger partial charge in [-0.2, -0.15) is 5.26 Å². The van der Waals surface area contributed by atoms with Crippen LogP contribution >= 0.6 is 0 Å². The molecular weight excluding hydrogens is 260 g/mol. The number of benzene rings is 1. The zero-order chi connectivity index (χ0) is 15.3. The van der Waals surface area contributed by atoms with Crippen molar-refractivity contribution in [1.82, 2.24) is 4.90 Å². The molecule has 0 bridgehead atoms. The van der Waals surface area contributed by atoms with Gasteiger partial charge in [-0.25, -0.2) is 0 Å². The molecule has 0 radical (unpaired) electrons. The Morgan fingerprint density at radius 3 is 2.19 bits per heavy atom. The maximum Gasteiger partial charge on any atom is 0.119 e. The van der Waals surface area contributed by atoms with Crippen LogP contribution in [0.3, 0.4) is 0 Å². The highest BCUT2D eigenvalue weighted by Gasteiger charge is 2.02. The van der Waals surface area contributed by atoms with Crippen LogP contribution in [0.2, 0.25) is 0 Å². The summed E-state index contributed by atoms with van der Waals surface area (Å²) in [6.07, 6.45) is 6.02. The van der Waals surface area contributed by atoms with Gasteiger partial charge in [0.25, 0.3) is 0 Å². The molecule has 0 unspecified atom stereocenters. The Labute approximate surface area is 129 Å². The molecule has 0 amide bonds. The first-order valence-corrected chi connectivity index (χ1v) is 8.15. The van der Waals surface area contributed by atoms with E-state index in [0.29, 0.717) is 5.56 Å². The van der Waals surface area contributed by atoms with Crippen molar-refractivity contribution in [1.29, 1.82) is 5.26 Å². The summed E-state index contributed by atoms with van der Waals surface area (Å²) in [6.45, 7) is 8.89. The molecule has 0 fully saturated rings. The molecule has 1 aromatic rings. The molecule has 3 nitrogen and oxygen atoms in total. The lowest BCUT2D eigenvalue weighted by Gasteiger charge is -2.20. The lowest BCUT2D eigenvalue weighted by Crippen LogP contribution is -2.26. The Balaban J connectivity index is 2.09. The van der Waals surface area contributed by atoms with Crippen LogP contribution in [-0.2, 0) is 0 Å². The fourth-order valence-corrected chi connectivity index (χ4v) is 2.40. The second-order valence-electron chi connectivity index (χ2n) is 5.39. The molecule has 1 aromatic carbocycles. The normalized spacial score (nSPS) is 10.6. The van der Waals surface area contributed by atoms with Crippen molar-refractivity contribution in [3.63, 3.8) is 0 Å². The SMILES string of the molecule is CCCN(CCC)CCCCCOc1ccc(C#N)cc1.